The zero-order valence-electron chi connectivity index (χ0n) is 7.43. The maximum absolute atomic E-state index is 8.86. The molecule has 0 fully saturated rings. The number of nitriles is 1. The molecule has 0 unspecified atom stereocenters. The van der Waals surface area contributed by atoms with Gasteiger partial charge in [-0.05, 0) is 6.07 Å². The number of hydrogen-bond donors (Lipinski definition) is 2. The third-order valence-corrected chi connectivity index (χ3v) is 2.19. The van der Waals surface area contributed by atoms with Crippen LogP contribution in [0.1, 0.15) is 5.56 Å². The van der Waals surface area contributed by atoms with Gasteiger partial charge in [-0.25, -0.2) is 4.98 Å². The predicted octanol–water partition coefficient (Wildman–Crippen LogP) is 2.13. The molecule has 0 spiro atoms. The highest BCUT2D eigenvalue weighted by Gasteiger charge is 2.09. The van der Waals surface area contributed by atoms with Gasteiger partial charge in [-0.1, -0.05) is 11.6 Å². The summed E-state index contributed by atoms with van der Waals surface area (Å²) >= 11 is 5.80. The lowest BCUT2D eigenvalue weighted by Crippen LogP contribution is -1.91. The smallest absolute Gasteiger partial charge is 0.142 e. The number of aromatic nitrogens is 2. The van der Waals surface area contributed by atoms with Crippen LogP contribution in [0.3, 0.4) is 0 Å². The van der Waals surface area contributed by atoms with Crippen molar-refractivity contribution in [2.45, 2.75) is 0 Å². The van der Waals surface area contributed by atoms with Crippen LogP contribution < -0.4 is 5.32 Å². The van der Waals surface area contributed by atoms with E-state index in [1.54, 1.807) is 19.3 Å². The number of anilines is 1. The quantitative estimate of drug-likeness (QED) is 0.703. The minimum absolute atomic E-state index is 0.396. The van der Waals surface area contributed by atoms with Crippen molar-refractivity contribution in [2.24, 2.45) is 0 Å². The largest absolute Gasteiger partial charge is 0.387 e. The van der Waals surface area contributed by atoms with Crippen molar-refractivity contribution in [1.82, 2.24) is 9.97 Å². The first-order valence-corrected chi connectivity index (χ1v) is 4.39. The van der Waals surface area contributed by atoms with Crippen LogP contribution in [0, 0.1) is 11.3 Å². The molecule has 14 heavy (non-hydrogen) atoms. The molecular formula is C9H7ClN4. The Morgan fingerprint density at radius 2 is 2.43 bits per heavy atom. The molecule has 0 atom stereocenters. The summed E-state index contributed by atoms with van der Waals surface area (Å²) in [6, 6.07) is 3.78. The monoisotopic (exact) mass is 206 g/mol. The van der Waals surface area contributed by atoms with Crippen LogP contribution >= 0.6 is 11.6 Å². The summed E-state index contributed by atoms with van der Waals surface area (Å²) in [6.45, 7) is 0. The Hall–Kier alpha value is -1.73. The maximum atomic E-state index is 8.86. The number of halogens is 1. The lowest BCUT2D eigenvalue weighted by Gasteiger charge is -2.02. The molecule has 0 saturated heterocycles. The minimum Gasteiger partial charge on any atom is -0.387 e. The molecule has 4 nitrogen and oxygen atoms in total. The van der Waals surface area contributed by atoms with Crippen LogP contribution in [0.2, 0.25) is 5.15 Å². The van der Waals surface area contributed by atoms with Crippen LogP contribution in [0.15, 0.2) is 12.3 Å². The fraction of sp³-hybridized carbons (Fsp3) is 0.111. The normalized spacial score (nSPS) is 10.1. The van der Waals surface area contributed by atoms with Gasteiger partial charge in [0.1, 0.15) is 16.9 Å². The molecule has 0 aliphatic carbocycles. The zero-order chi connectivity index (χ0) is 10.1. The van der Waals surface area contributed by atoms with Crippen LogP contribution in [0.4, 0.5) is 5.69 Å². The summed E-state index contributed by atoms with van der Waals surface area (Å²) in [5.41, 5.74) is 1.99. The Morgan fingerprint density at radius 1 is 1.64 bits per heavy atom. The van der Waals surface area contributed by atoms with Gasteiger partial charge in [-0.3, -0.25) is 0 Å². The van der Waals surface area contributed by atoms with Crippen molar-refractivity contribution >= 4 is 28.3 Å². The van der Waals surface area contributed by atoms with Crippen molar-refractivity contribution in [2.75, 3.05) is 12.4 Å². The molecule has 2 rings (SSSR count). The van der Waals surface area contributed by atoms with E-state index >= 15 is 0 Å². The van der Waals surface area contributed by atoms with E-state index in [0.29, 0.717) is 16.4 Å². The summed E-state index contributed by atoms with van der Waals surface area (Å²) in [6.07, 6.45) is 1.62. The Morgan fingerprint density at radius 3 is 3.07 bits per heavy atom. The standard InChI is InChI=1S/C9H7ClN4/c1-12-6-2-7(10)14-9-8(6)5(3-11)4-13-9/h2,4H,1H3,(H2,12,13,14). The number of aromatic amines is 1. The first kappa shape index (κ1) is 8.85. The van der Waals surface area contributed by atoms with Gasteiger partial charge in [0, 0.05) is 18.9 Å². The zero-order valence-corrected chi connectivity index (χ0v) is 8.18. The third-order valence-electron chi connectivity index (χ3n) is 2.00. The van der Waals surface area contributed by atoms with E-state index in [1.807, 2.05) is 0 Å². The Kier molecular flexibility index (Phi) is 2.02. The molecule has 0 aliphatic heterocycles. The maximum Gasteiger partial charge on any atom is 0.142 e. The SMILES string of the molecule is CNc1cc(Cl)nc2[nH]cc(C#N)c12. The van der Waals surface area contributed by atoms with E-state index in [-0.39, 0.29) is 0 Å². The second-order valence-electron chi connectivity index (χ2n) is 2.78. The average molecular weight is 207 g/mol. The van der Waals surface area contributed by atoms with E-state index in [9.17, 15) is 0 Å². The average Bonchev–Trinajstić information content (AvgIpc) is 2.59. The van der Waals surface area contributed by atoms with E-state index in [0.717, 1.165) is 11.1 Å². The summed E-state index contributed by atoms with van der Waals surface area (Å²) < 4.78 is 0. The lowest BCUT2D eigenvalue weighted by molar-refractivity contribution is 1.32. The van der Waals surface area contributed by atoms with Gasteiger partial charge in [0.25, 0.3) is 0 Å². The number of nitrogens with one attached hydrogen (secondary N) is 2. The Labute approximate surface area is 85.5 Å². The van der Waals surface area contributed by atoms with Gasteiger partial charge in [0.05, 0.1) is 10.9 Å². The molecule has 0 amide bonds. The fourth-order valence-electron chi connectivity index (χ4n) is 1.39. The molecule has 5 heteroatoms. The number of pyridine rings is 1. The first-order valence-electron chi connectivity index (χ1n) is 4.01. The van der Waals surface area contributed by atoms with Crippen LogP contribution in [-0.4, -0.2) is 17.0 Å². The third kappa shape index (κ3) is 1.19. The molecule has 0 bridgehead atoms. The number of rotatable bonds is 1. The Bertz CT molecular complexity index is 523. The van der Waals surface area contributed by atoms with Crippen LogP contribution in [0.25, 0.3) is 11.0 Å². The van der Waals surface area contributed by atoms with Gasteiger partial charge in [-0.2, -0.15) is 5.26 Å². The first-order chi connectivity index (χ1) is 6.76. The predicted molar refractivity (Wildman–Crippen MR) is 55.4 cm³/mol. The van der Waals surface area contributed by atoms with E-state index in [1.165, 1.54) is 0 Å². The van der Waals surface area contributed by atoms with Crippen molar-refractivity contribution in [3.05, 3.63) is 23.0 Å². The summed E-state index contributed by atoms with van der Waals surface area (Å²) in [5, 5.41) is 13.0. The minimum atomic E-state index is 0.396. The van der Waals surface area contributed by atoms with Gasteiger partial charge >= 0.3 is 0 Å². The molecule has 2 heterocycles. The van der Waals surface area contributed by atoms with Gasteiger partial charge < -0.3 is 10.3 Å². The molecule has 2 aromatic rings. The fourth-order valence-corrected chi connectivity index (χ4v) is 1.58. The lowest BCUT2D eigenvalue weighted by atomic mass is 10.2. The van der Waals surface area contributed by atoms with E-state index in [2.05, 4.69) is 21.4 Å². The van der Waals surface area contributed by atoms with Gasteiger partial charge in [0.15, 0.2) is 0 Å². The molecule has 70 valence electrons. The van der Waals surface area contributed by atoms with Crippen molar-refractivity contribution in [3.8, 4) is 6.07 Å². The number of H-pyrrole nitrogens is 1. The molecule has 0 radical (unpaired) electrons. The highest BCUT2D eigenvalue weighted by Crippen LogP contribution is 2.27. The number of hydrogen-bond acceptors (Lipinski definition) is 3. The van der Waals surface area contributed by atoms with E-state index < -0.39 is 0 Å². The van der Waals surface area contributed by atoms with Crippen LogP contribution in [-0.2, 0) is 0 Å². The number of nitrogens with zero attached hydrogens (tertiary/aromatic N) is 2. The van der Waals surface area contributed by atoms with Crippen molar-refractivity contribution in [1.29, 1.82) is 5.26 Å². The summed E-state index contributed by atoms with van der Waals surface area (Å²) in [5.74, 6) is 0. The molecule has 2 aromatic heterocycles. The molecule has 0 saturated carbocycles. The summed E-state index contributed by atoms with van der Waals surface area (Å²) in [7, 11) is 1.78. The highest BCUT2D eigenvalue weighted by atomic mass is 35.5. The molecule has 0 aromatic carbocycles. The van der Waals surface area contributed by atoms with Crippen LogP contribution in [0.5, 0.6) is 0 Å². The van der Waals surface area contributed by atoms with Crippen molar-refractivity contribution in [3.63, 3.8) is 0 Å². The summed E-state index contributed by atoms with van der Waals surface area (Å²) in [4.78, 5) is 6.97. The topological polar surface area (TPSA) is 64.5 Å². The van der Waals surface area contributed by atoms with Crippen molar-refractivity contribution < 1.29 is 0 Å². The molecular weight excluding hydrogens is 200 g/mol. The molecule has 2 N–H and O–H groups in total. The second-order valence-corrected chi connectivity index (χ2v) is 3.17. The number of fused-ring (bicyclic) bond motifs is 1. The Balaban J connectivity index is 2.87. The van der Waals surface area contributed by atoms with E-state index in [4.69, 9.17) is 16.9 Å². The van der Waals surface area contributed by atoms with Gasteiger partial charge in [-0.15, -0.1) is 0 Å². The van der Waals surface area contributed by atoms with Gasteiger partial charge in [0.2, 0.25) is 0 Å². The highest BCUT2D eigenvalue weighted by molar-refractivity contribution is 6.30. The molecule has 0 aliphatic rings. The second kappa shape index (κ2) is 3.20.